The normalized spacial score (nSPS) is 13.9. The standard InChI is InChI=1S/C22H30N2O6/c1-27-13-12-24-22(26)17-30-21-9-7-20(8-10-21)28-14-11-23-15-18(25)16-29-19-5-3-2-4-6-19/h2-10,18,23,25H,11-17H2,1H3,(H,24,26)/t18-/m0/s1/i2D,3D,4D,5D,6D. The molecule has 0 aliphatic heterocycles. The van der Waals surface area contributed by atoms with Gasteiger partial charge >= 0.3 is 0 Å². The molecule has 2 aromatic rings. The van der Waals surface area contributed by atoms with Crippen molar-refractivity contribution in [2.45, 2.75) is 6.10 Å². The second-order valence-electron chi connectivity index (χ2n) is 6.07. The summed E-state index contributed by atoms with van der Waals surface area (Å²) in [6, 6.07) is 4.40. The first kappa shape index (κ1) is 16.9. The minimum absolute atomic E-state index is 0.101. The van der Waals surface area contributed by atoms with Crippen LogP contribution in [0.3, 0.4) is 0 Å². The number of nitrogens with one attached hydrogen (secondary N) is 2. The maximum Gasteiger partial charge on any atom is 0.258 e. The highest BCUT2D eigenvalue weighted by atomic mass is 16.5. The maximum absolute atomic E-state index is 11.6. The maximum atomic E-state index is 11.6. The third kappa shape index (κ3) is 10.1. The van der Waals surface area contributed by atoms with E-state index in [-0.39, 0.29) is 31.4 Å². The molecule has 0 aliphatic carbocycles. The molecule has 164 valence electrons. The minimum Gasteiger partial charge on any atom is -0.492 e. The summed E-state index contributed by atoms with van der Waals surface area (Å²) in [4.78, 5) is 11.6. The number of benzene rings is 2. The predicted molar refractivity (Wildman–Crippen MR) is 113 cm³/mol. The van der Waals surface area contributed by atoms with Crippen LogP contribution >= 0.6 is 0 Å². The highest BCUT2D eigenvalue weighted by Crippen LogP contribution is 2.17. The molecule has 0 radical (unpaired) electrons. The van der Waals surface area contributed by atoms with Gasteiger partial charge in [-0.3, -0.25) is 4.79 Å². The Kier molecular flexibility index (Phi) is 8.02. The Balaban J connectivity index is 1.64. The molecule has 0 fully saturated rings. The molecule has 8 nitrogen and oxygen atoms in total. The topological polar surface area (TPSA) is 98.3 Å². The van der Waals surface area contributed by atoms with E-state index in [2.05, 4.69) is 10.6 Å². The number of ether oxygens (including phenoxy) is 4. The van der Waals surface area contributed by atoms with Crippen LogP contribution < -0.4 is 24.8 Å². The number of hydrogen-bond donors (Lipinski definition) is 3. The van der Waals surface area contributed by atoms with Crippen LogP contribution in [0.25, 0.3) is 0 Å². The highest BCUT2D eigenvalue weighted by Gasteiger charge is 2.05. The Labute approximate surface area is 184 Å². The lowest BCUT2D eigenvalue weighted by molar-refractivity contribution is -0.123. The summed E-state index contributed by atoms with van der Waals surface area (Å²) in [6.45, 7) is 1.40. The number of carbonyl (C=O) groups is 1. The summed E-state index contributed by atoms with van der Waals surface area (Å²) in [7, 11) is 1.55. The van der Waals surface area contributed by atoms with Crippen LogP contribution in [0, 0.1) is 0 Å². The molecule has 0 saturated carbocycles. The number of rotatable bonds is 15. The van der Waals surface area contributed by atoms with Gasteiger partial charge in [-0.2, -0.15) is 0 Å². The van der Waals surface area contributed by atoms with Crippen molar-refractivity contribution in [3.8, 4) is 17.2 Å². The molecule has 1 atom stereocenters. The lowest BCUT2D eigenvalue weighted by Gasteiger charge is -2.13. The number of aliphatic hydroxyl groups is 1. The fourth-order valence-corrected chi connectivity index (χ4v) is 2.18. The quantitative estimate of drug-likeness (QED) is 0.371. The smallest absolute Gasteiger partial charge is 0.258 e. The first-order valence-corrected chi connectivity index (χ1v) is 9.44. The molecule has 0 heterocycles. The number of aliphatic hydroxyl groups excluding tert-OH is 1. The van der Waals surface area contributed by atoms with Gasteiger partial charge in [0, 0.05) is 26.7 Å². The van der Waals surface area contributed by atoms with Gasteiger partial charge in [0.1, 0.15) is 36.6 Å². The van der Waals surface area contributed by atoms with E-state index in [9.17, 15) is 9.90 Å². The molecule has 0 aromatic heterocycles. The monoisotopic (exact) mass is 423 g/mol. The van der Waals surface area contributed by atoms with Crippen LogP contribution in [0.5, 0.6) is 17.2 Å². The molecular weight excluding hydrogens is 388 g/mol. The van der Waals surface area contributed by atoms with Crippen LogP contribution in [0.1, 0.15) is 6.85 Å². The van der Waals surface area contributed by atoms with Gasteiger partial charge in [-0.15, -0.1) is 0 Å². The molecule has 30 heavy (non-hydrogen) atoms. The highest BCUT2D eigenvalue weighted by molar-refractivity contribution is 5.77. The van der Waals surface area contributed by atoms with Crippen molar-refractivity contribution < 1.29 is 35.7 Å². The average Bonchev–Trinajstić information content (AvgIpc) is 2.85. The van der Waals surface area contributed by atoms with Crippen molar-refractivity contribution in [2.75, 3.05) is 53.2 Å². The zero-order valence-corrected chi connectivity index (χ0v) is 16.8. The lowest BCUT2D eigenvalue weighted by Crippen LogP contribution is -2.33. The first-order chi connectivity index (χ1) is 16.7. The summed E-state index contributed by atoms with van der Waals surface area (Å²) in [5.74, 6) is 0.597. The average molecular weight is 424 g/mol. The van der Waals surface area contributed by atoms with Crippen LogP contribution in [0.2, 0.25) is 0 Å². The Bertz CT molecular complexity index is 935. The number of methoxy groups -OCH3 is 1. The molecule has 1 amide bonds. The van der Waals surface area contributed by atoms with Gasteiger partial charge in [-0.05, 0) is 36.4 Å². The minimum atomic E-state index is -0.962. The SMILES string of the molecule is [2H]c1c([2H])c([2H])c(OC[C@@H](O)CNCCOc2ccc(OCC(=O)NCCOC)cc2)c([2H])c1[2H]. The molecule has 0 bridgehead atoms. The van der Waals surface area contributed by atoms with E-state index in [4.69, 9.17) is 25.8 Å². The van der Waals surface area contributed by atoms with Crippen LogP contribution in [-0.4, -0.2) is 70.3 Å². The fraction of sp³-hybridized carbons (Fsp3) is 0.409. The van der Waals surface area contributed by atoms with E-state index >= 15 is 0 Å². The van der Waals surface area contributed by atoms with Gasteiger partial charge in [0.25, 0.3) is 5.91 Å². The molecule has 2 rings (SSSR count). The fourth-order valence-electron chi connectivity index (χ4n) is 2.18. The molecule has 3 N–H and O–H groups in total. The first-order valence-electron chi connectivity index (χ1n) is 11.9. The van der Waals surface area contributed by atoms with E-state index in [0.29, 0.717) is 37.8 Å². The third-order valence-electron chi connectivity index (χ3n) is 3.65. The predicted octanol–water partition coefficient (Wildman–Crippen LogP) is 1.24. The molecule has 0 spiro atoms. The van der Waals surface area contributed by atoms with Gasteiger partial charge in [-0.1, -0.05) is 18.1 Å². The van der Waals surface area contributed by atoms with E-state index in [0.717, 1.165) is 0 Å². The molecule has 0 aliphatic rings. The zero-order valence-electron chi connectivity index (χ0n) is 21.8. The van der Waals surface area contributed by atoms with Gasteiger partial charge in [0.05, 0.1) is 13.5 Å². The number of para-hydroxylation sites is 1. The summed E-state index contributed by atoms with van der Waals surface area (Å²) in [6.07, 6.45) is -0.962. The van der Waals surface area contributed by atoms with Crippen LogP contribution in [-0.2, 0) is 9.53 Å². The number of carbonyl (C=O) groups excluding carboxylic acids is 1. The largest absolute Gasteiger partial charge is 0.492 e. The molecule has 2 aromatic carbocycles. The second kappa shape index (κ2) is 14.2. The van der Waals surface area contributed by atoms with Crippen molar-refractivity contribution in [3.05, 3.63) is 54.5 Å². The summed E-state index contributed by atoms with van der Waals surface area (Å²) in [5, 5.41) is 15.7. The van der Waals surface area contributed by atoms with Crippen molar-refractivity contribution in [3.63, 3.8) is 0 Å². The van der Waals surface area contributed by atoms with Crippen molar-refractivity contribution >= 4 is 5.91 Å². The Morgan fingerprint density at radius 3 is 2.40 bits per heavy atom. The van der Waals surface area contributed by atoms with E-state index in [1.807, 2.05) is 0 Å². The summed E-state index contributed by atoms with van der Waals surface area (Å²) < 4.78 is 59.5. The van der Waals surface area contributed by atoms with Crippen LogP contribution in [0.4, 0.5) is 0 Å². The van der Waals surface area contributed by atoms with Gasteiger partial charge in [0.15, 0.2) is 6.61 Å². The Morgan fingerprint density at radius 2 is 1.70 bits per heavy atom. The molecule has 8 heteroatoms. The van der Waals surface area contributed by atoms with Crippen molar-refractivity contribution in [1.82, 2.24) is 10.6 Å². The van der Waals surface area contributed by atoms with Crippen LogP contribution in [0.15, 0.2) is 54.5 Å². The third-order valence-corrected chi connectivity index (χ3v) is 3.65. The van der Waals surface area contributed by atoms with Gasteiger partial charge in [0.2, 0.25) is 0 Å². The van der Waals surface area contributed by atoms with Crippen molar-refractivity contribution in [2.24, 2.45) is 0 Å². The summed E-state index contributed by atoms with van der Waals surface area (Å²) >= 11 is 0. The van der Waals surface area contributed by atoms with Crippen molar-refractivity contribution in [1.29, 1.82) is 0 Å². The zero-order chi connectivity index (χ0) is 25.8. The molecule has 0 unspecified atom stereocenters. The van der Waals surface area contributed by atoms with Gasteiger partial charge in [-0.25, -0.2) is 0 Å². The second-order valence-corrected chi connectivity index (χ2v) is 6.07. The van der Waals surface area contributed by atoms with E-state index in [1.165, 1.54) is 0 Å². The van der Waals surface area contributed by atoms with E-state index in [1.54, 1.807) is 31.4 Å². The lowest BCUT2D eigenvalue weighted by atomic mass is 10.3. The Morgan fingerprint density at radius 1 is 1.00 bits per heavy atom. The number of hydrogen-bond acceptors (Lipinski definition) is 7. The molecular formula is C22H30N2O6. The number of amides is 1. The van der Waals surface area contributed by atoms with Gasteiger partial charge < -0.3 is 34.7 Å². The summed E-state index contributed by atoms with van der Waals surface area (Å²) in [5.41, 5.74) is 0. The van der Waals surface area contributed by atoms with E-state index < -0.39 is 36.3 Å². The Hall–Kier alpha value is -2.81. The molecule has 0 saturated heterocycles.